The summed E-state index contributed by atoms with van der Waals surface area (Å²) in [5.41, 5.74) is 0. The topological polar surface area (TPSA) is 46.5 Å². The van der Waals surface area contributed by atoms with Crippen LogP contribution in [0.15, 0.2) is 0 Å². The number of carbonyl (C=O) groups is 1. The first-order valence-electron chi connectivity index (χ1n) is 4.15. The van der Waals surface area contributed by atoms with Gasteiger partial charge in [-0.1, -0.05) is 13.8 Å². The van der Waals surface area contributed by atoms with Crippen molar-refractivity contribution in [3.8, 4) is 0 Å². The van der Waals surface area contributed by atoms with Gasteiger partial charge in [0.15, 0.2) is 6.10 Å². The normalized spacial score (nSPS) is 14.4. The van der Waals surface area contributed by atoms with E-state index in [4.69, 9.17) is 5.11 Å². The van der Waals surface area contributed by atoms with Crippen LogP contribution in [0.2, 0.25) is 0 Å². The molecule has 0 aromatic carbocycles. The third kappa shape index (κ3) is 5.80. The van der Waals surface area contributed by atoms with E-state index in [9.17, 15) is 18.0 Å². The summed E-state index contributed by atoms with van der Waals surface area (Å²) >= 11 is 0. The second-order valence-corrected chi connectivity index (χ2v) is 3.24. The van der Waals surface area contributed by atoms with E-state index in [1.807, 2.05) is 0 Å². The summed E-state index contributed by atoms with van der Waals surface area (Å²) < 4.78 is 39.7. The quantitative estimate of drug-likeness (QED) is 0.761. The molecule has 0 aromatic heterocycles. The fourth-order valence-electron chi connectivity index (χ4n) is 0.851. The van der Waals surface area contributed by atoms with Gasteiger partial charge in [0.1, 0.15) is 0 Å². The van der Waals surface area contributed by atoms with E-state index in [-0.39, 0.29) is 5.92 Å². The molecular formula is C8H13F3O3. The van der Waals surface area contributed by atoms with Gasteiger partial charge in [0.25, 0.3) is 0 Å². The van der Waals surface area contributed by atoms with Crippen molar-refractivity contribution in [2.75, 3.05) is 6.61 Å². The van der Waals surface area contributed by atoms with Crippen LogP contribution in [0.3, 0.4) is 0 Å². The van der Waals surface area contributed by atoms with E-state index >= 15 is 0 Å². The molecule has 0 saturated heterocycles. The zero-order valence-corrected chi connectivity index (χ0v) is 7.97. The molecule has 0 radical (unpaired) electrons. The second-order valence-electron chi connectivity index (χ2n) is 3.24. The summed E-state index contributed by atoms with van der Waals surface area (Å²) in [7, 11) is 0. The van der Waals surface area contributed by atoms with Gasteiger partial charge in [0, 0.05) is 0 Å². The Kier molecular flexibility index (Phi) is 4.90. The third-order valence-corrected chi connectivity index (χ3v) is 1.53. The summed E-state index contributed by atoms with van der Waals surface area (Å²) in [6, 6.07) is 0. The SMILES string of the molecule is CC(C)C(OCCC(F)(F)F)C(=O)O. The Balaban J connectivity index is 3.90. The molecule has 0 heterocycles. The van der Waals surface area contributed by atoms with Gasteiger partial charge in [-0.3, -0.25) is 0 Å². The number of hydrogen-bond donors (Lipinski definition) is 1. The molecule has 3 nitrogen and oxygen atoms in total. The molecule has 1 N–H and O–H groups in total. The van der Waals surface area contributed by atoms with Crippen molar-refractivity contribution in [2.45, 2.75) is 32.5 Å². The number of carboxylic acid groups (broad SMARTS) is 1. The highest BCUT2D eigenvalue weighted by molar-refractivity contribution is 5.72. The molecule has 0 spiro atoms. The molecular weight excluding hydrogens is 201 g/mol. The minimum Gasteiger partial charge on any atom is -0.479 e. The van der Waals surface area contributed by atoms with Crippen molar-refractivity contribution in [1.29, 1.82) is 0 Å². The zero-order valence-electron chi connectivity index (χ0n) is 7.97. The van der Waals surface area contributed by atoms with Crippen molar-refractivity contribution in [3.63, 3.8) is 0 Å². The molecule has 0 aliphatic carbocycles. The first-order chi connectivity index (χ1) is 6.24. The van der Waals surface area contributed by atoms with E-state index in [0.717, 1.165) is 0 Å². The maximum atomic E-state index is 11.7. The first-order valence-corrected chi connectivity index (χ1v) is 4.15. The highest BCUT2D eigenvalue weighted by Crippen LogP contribution is 2.20. The van der Waals surface area contributed by atoms with Crippen molar-refractivity contribution >= 4 is 5.97 Å². The number of hydrogen-bond acceptors (Lipinski definition) is 2. The van der Waals surface area contributed by atoms with Gasteiger partial charge >= 0.3 is 12.1 Å². The number of alkyl halides is 3. The zero-order chi connectivity index (χ0) is 11.4. The van der Waals surface area contributed by atoms with E-state index < -0.39 is 31.3 Å². The number of rotatable bonds is 5. The minimum absolute atomic E-state index is 0.347. The third-order valence-electron chi connectivity index (χ3n) is 1.53. The average Bonchev–Trinajstić information content (AvgIpc) is 1.94. The standard InChI is InChI=1S/C8H13F3O3/c1-5(2)6(7(12)13)14-4-3-8(9,10)11/h5-6H,3-4H2,1-2H3,(H,12,13). The summed E-state index contributed by atoms with van der Waals surface area (Å²) in [5.74, 6) is -1.58. The predicted octanol–water partition coefficient (Wildman–Crippen LogP) is 2.06. The molecule has 14 heavy (non-hydrogen) atoms. The summed E-state index contributed by atoms with van der Waals surface area (Å²) in [6.07, 6.45) is -6.60. The van der Waals surface area contributed by atoms with Crippen LogP contribution in [0.5, 0.6) is 0 Å². The number of aliphatic carboxylic acids is 1. The molecule has 0 rings (SSSR count). The highest BCUT2D eigenvalue weighted by Gasteiger charge is 2.29. The molecule has 1 unspecified atom stereocenters. The van der Waals surface area contributed by atoms with E-state index in [2.05, 4.69) is 4.74 Å². The molecule has 0 aliphatic rings. The Morgan fingerprint density at radius 2 is 1.93 bits per heavy atom. The molecule has 0 amide bonds. The minimum atomic E-state index is -4.31. The van der Waals surface area contributed by atoms with Crippen molar-refractivity contribution in [1.82, 2.24) is 0 Å². The van der Waals surface area contributed by atoms with Gasteiger partial charge in [0.2, 0.25) is 0 Å². The lowest BCUT2D eigenvalue weighted by molar-refractivity contribution is -0.166. The highest BCUT2D eigenvalue weighted by atomic mass is 19.4. The Morgan fingerprint density at radius 3 is 2.21 bits per heavy atom. The van der Waals surface area contributed by atoms with Crippen LogP contribution in [-0.2, 0) is 9.53 Å². The van der Waals surface area contributed by atoms with Crippen LogP contribution < -0.4 is 0 Å². The molecule has 6 heteroatoms. The van der Waals surface area contributed by atoms with Gasteiger partial charge in [-0.15, -0.1) is 0 Å². The van der Waals surface area contributed by atoms with Crippen molar-refractivity contribution in [2.24, 2.45) is 5.92 Å². The van der Waals surface area contributed by atoms with Crippen LogP contribution in [-0.4, -0.2) is 30.0 Å². The largest absolute Gasteiger partial charge is 0.479 e. The van der Waals surface area contributed by atoms with Gasteiger partial charge < -0.3 is 9.84 Å². The molecule has 1 atom stereocenters. The lowest BCUT2D eigenvalue weighted by Crippen LogP contribution is -2.30. The lowest BCUT2D eigenvalue weighted by Gasteiger charge is -2.17. The Labute approximate surface area is 79.9 Å². The van der Waals surface area contributed by atoms with E-state index in [0.29, 0.717) is 0 Å². The van der Waals surface area contributed by atoms with Gasteiger partial charge in [0.05, 0.1) is 13.0 Å². The monoisotopic (exact) mass is 214 g/mol. The Hall–Kier alpha value is -0.780. The maximum Gasteiger partial charge on any atom is 0.391 e. The van der Waals surface area contributed by atoms with E-state index in [1.165, 1.54) is 0 Å². The summed E-state index contributed by atoms with van der Waals surface area (Å²) in [6.45, 7) is 2.54. The first kappa shape index (κ1) is 13.2. The molecule has 0 bridgehead atoms. The van der Waals surface area contributed by atoms with Crippen LogP contribution in [0.4, 0.5) is 13.2 Å². The molecule has 0 aromatic rings. The lowest BCUT2D eigenvalue weighted by atomic mass is 10.1. The van der Waals surface area contributed by atoms with Crippen LogP contribution >= 0.6 is 0 Å². The van der Waals surface area contributed by atoms with Crippen molar-refractivity contribution < 1.29 is 27.8 Å². The Morgan fingerprint density at radius 1 is 1.43 bits per heavy atom. The molecule has 0 aliphatic heterocycles. The van der Waals surface area contributed by atoms with Crippen LogP contribution in [0.25, 0.3) is 0 Å². The Bertz CT molecular complexity index is 189. The van der Waals surface area contributed by atoms with Crippen molar-refractivity contribution in [3.05, 3.63) is 0 Å². The van der Waals surface area contributed by atoms with Crippen LogP contribution in [0, 0.1) is 5.92 Å². The summed E-state index contributed by atoms with van der Waals surface area (Å²) in [4.78, 5) is 10.5. The van der Waals surface area contributed by atoms with Gasteiger partial charge in [-0.25, -0.2) is 4.79 Å². The fraction of sp³-hybridized carbons (Fsp3) is 0.875. The van der Waals surface area contributed by atoms with E-state index in [1.54, 1.807) is 13.8 Å². The number of ether oxygens (including phenoxy) is 1. The van der Waals surface area contributed by atoms with Gasteiger partial charge in [-0.2, -0.15) is 13.2 Å². The molecule has 0 saturated carbocycles. The fourth-order valence-corrected chi connectivity index (χ4v) is 0.851. The van der Waals surface area contributed by atoms with Crippen LogP contribution in [0.1, 0.15) is 20.3 Å². The smallest absolute Gasteiger partial charge is 0.391 e. The predicted molar refractivity (Wildman–Crippen MR) is 42.9 cm³/mol. The average molecular weight is 214 g/mol. The molecule has 84 valence electrons. The number of halogens is 3. The maximum absolute atomic E-state index is 11.7. The molecule has 0 fully saturated rings. The number of carboxylic acids is 1. The summed E-state index contributed by atoms with van der Waals surface area (Å²) in [5, 5.41) is 8.57. The van der Waals surface area contributed by atoms with Gasteiger partial charge in [-0.05, 0) is 5.92 Å². The second kappa shape index (κ2) is 5.19.